The molecular weight excluding hydrogens is 322 g/mol. The fourth-order valence-electron chi connectivity index (χ4n) is 2.07. The summed E-state index contributed by atoms with van der Waals surface area (Å²) in [4.78, 5) is 30.2. The van der Waals surface area contributed by atoms with Gasteiger partial charge in [-0.05, 0) is 35.9 Å². The number of hydrogen-bond acceptors (Lipinski definition) is 5. The second-order valence-electron chi connectivity index (χ2n) is 5.05. The summed E-state index contributed by atoms with van der Waals surface area (Å²) >= 11 is 0. The first kappa shape index (κ1) is 16.1. The summed E-state index contributed by atoms with van der Waals surface area (Å²) < 4.78 is 1.75. The summed E-state index contributed by atoms with van der Waals surface area (Å²) in [5.74, 6) is 0.368. The zero-order valence-corrected chi connectivity index (χ0v) is 12.9. The largest absolute Gasteiger partial charge is 0.321 e. The van der Waals surface area contributed by atoms with E-state index in [4.69, 9.17) is 0 Å². The Balaban J connectivity index is 1.61. The van der Waals surface area contributed by atoms with Gasteiger partial charge < -0.3 is 5.32 Å². The SMILES string of the molecule is O=C(/C=C/c1ccc([N+](=O)[O-])cc1)Nc1ccc(-n2ccnc2)nc1. The zero-order valence-electron chi connectivity index (χ0n) is 12.9. The number of imidazole rings is 1. The molecule has 0 saturated heterocycles. The standard InChI is InChI=1S/C17H13N5O3/c23-17(8-3-13-1-5-15(6-2-13)22(24)25)20-14-4-7-16(19-11-14)21-10-9-18-12-21/h1-12H,(H,20,23)/b8-3+. The topological polar surface area (TPSA) is 103 Å². The molecule has 0 radical (unpaired) electrons. The molecule has 0 fully saturated rings. The third-order valence-corrected chi connectivity index (χ3v) is 3.32. The Morgan fingerprint density at radius 3 is 2.60 bits per heavy atom. The van der Waals surface area contributed by atoms with E-state index in [-0.39, 0.29) is 11.6 Å². The van der Waals surface area contributed by atoms with E-state index in [9.17, 15) is 14.9 Å². The van der Waals surface area contributed by atoms with Crippen LogP contribution in [0.4, 0.5) is 11.4 Å². The first-order valence-electron chi connectivity index (χ1n) is 7.30. The fraction of sp³-hybridized carbons (Fsp3) is 0. The van der Waals surface area contributed by atoms with Crippen LogP contribution in [-0.2, 0) is 4.79 Å². The Morgan fingerprint density at radius 1 is 1.20 bits per heavy atom. The smallest absolute Gasteiger partial charge is 0.269 e. The lowest BCUT2D eigenvalue weighted by Gasteiger charge is -2.04. The van der Waals surface area contributed by atoms with E-state index in [2.05, 4.69) is 15.3 Å². The van der Waals surface area contributed by atoms with Crippen molar-refractivity contribution in [2.75, 3.05) is 5.32 Å². The monoisotopic (exact) mass is 335 g/mol. The van der Waals surface area contributed by atoms with E-state index < -0.39 is 4.92 Å². The van der Waals surface area contributed by atoms with E-state index in [1.165, 1.54) is 18.2 Å². The Labute approximate surface area is 142 Å². The highest BCUT2D eigenvalue weighted by molar-refractivity contribution is 6.01. The number of carbonyl (C=O) groups excluding carboxylic acids is 1. The molecule has 1 amide bonds. The predicted octanol–water partition coefficient (Wildman–Crippen LogP) is 2.83. The number of benzene rings is 1. The third-order valence-electron chi connectivity index (χ3n) is 3.32. The minimum Gasteiger partial charge on any atom is -0.321 e. The second-order valence-corrected chi connectivity index (χ2v) is 5.05. The molecule has 0 bridgehead atoms. The van der Waals surface area contributed by atoms with Crippen molar-refractivity contribution in [1.29, 1.82) is 0 Å². The van der Waals surface area contributed by atoms with Gasteiger partial charge in [0.15, 0.2) is 0 Å². The molecule has 8 nitrogen and oxygen atoms in total. The van der Waals surface area contributed by atoms with Crippen LogP contribution in [0.3, 0.4) is 0 Å². The van der Waals surface area contributed by atoms with Crippen molar-refractivity contribution >= 4 is 23.4 Å². The van der Waals surface area contributed by atoms with Crippen molar-refractivity contribution in [2.45, 2.75) is 0 Å². The van der Waals surface area contributed by atoms with Crippen molar-refractivity contribution < 1.29 is 9.72 Å². The lowest BCUT2D eigenvalue weighted by Crippen LogP contribution is -2.08. The van der Waals surface area contributed by atoms with Gasteiger partial charge in [0.05, 0.1) is 16.8 Å². The van der Waals surface area contributed by atoms with Crippen LogP contribution in [0.15, 0.2) is 67.4 Å². The molecule has 0 atom stereocenters. The summed E-state index contributed by atoms with van der Waals surface area (Å²) in [5, 5.41) is 13.3. The van der Waals surface area contributed by atoms with Crippen LogP contribution in [-0.4, -0.2) is 25.4 Å². The van der Waals surface area contributed by atoms with Gasteiger partial charge >= 0.3 is 0 Å². The minimum absolute atomic E-state index is 0.00524. The quantitative estimate of drug-likeness (QED) is 0.439. The molecule has 8 heteroatoms. The number of nitrogens with zero attached hydrogens (tertiary/aromatic N) is 4. The number of anilines is 1. The number of rotatable bonds is 5. The summed E-state index contributed by atoms with van der Waals surface area (Å²) in [5.41, 5.74) is 1.25. The molecule has 25 heavy (non-hydrogen) atoms. The number of hydrogen-bond donors (Lipinski definition) is 1. The molecule has 0 aliphatic carbocycles. The van der Waals surface area contributed by atoms with Crippen molar-refractivity contribution in [3.63, 3.8) is 0 Å². The van der Waals surface area contributed by atoms with Gasteiger partial charge in [-0.3, -0.25) is 19.5 Å². The number of aromatic nitrogens is 3. The predicted molar refractivity (Wildman–Crippen MR) is 92.1 cm³/mol. The maximum absolute atomic E-state index is 11.9. The van der Waals surface area contributed by atoms with Crippen LogP contribution in [0.5, 0.6) is 0 Å². The Kier molecular flexibility index (Phi) is 4.61. The Bertz CT molecular complexity index is 900. The Morgan fingerprint density at radius 2 is 2.00 bits per heavy atom. The molecular formula is C17H13N5O3. The summed E-state index contributed by atoms with van der Waals surface area (Å²) in [7, 11) is 0. The number of nitro groups is 1. The third kappa shape index (κ3) is 4.14. The fourth-order valence-corrected chi connectivity index (χ4v) is 2.07. The molecule has 1 N–H and O–H groups in total. The number of pyridine rings is 1. The van der Waals surface area contributed by atoms with Crippen LogP contribution in [0.25, 0.3) is 11.9 Å². The number of nitrogens with one attached hydrogen (secondary N) is 1. The van der Waals surface area contributed by atoms with Gasteiger partial charge in [0, 0.05) is 30.6 Å². The van der Waals surface area contributed by atoms with E-state index in [0.29, 0.717) is 17.1 Å². The molecule has 0 aliphatic heterocycles. The molecule has 2 heterocycles. The molecule has 124 valence electrons. The van der Waals surface area contributed by atoms with Crippen molar-refractivity contribution in [3.8, 4) is 5.82 Å². The van der Waals surface area contributed by atoms with Crippen LogP contribution < -0.4 is 5.32 Å². The zero-order chi connectivity index (χ0) is 17.6. The van der Waals surface area contributed by atoms with Crippen molar-refractivity contribution in [2.24, 2.45) is 0 Å². The molecule has 3 rings (SSSR count). The maximum Gasteiger partial charge on any atom is 0.269 e. The summed E-state index contributed by atoms with van der Waals surface area (Å²) in [6, 6.07) is 9.41. The lowest BCUT2D eigenvalue weighted by molar-refractivity contribution is -0.384. The molecule has 0 saturated carbocycles. The second kappa shape index (κ2) is 7.18. The number of non-ortho nitro benzene ring substituents is 1. The van der Waals surface area contributed by atoms with E-state index >= 15 is 0 Å². The average molecular weight is 335 g/mol. The van der Waals surface area contributed by atoms with Crippen molar-refractivity contribution in [1.82, 2.24) is 14.5 Å². The first-order valence-corrected chi connectivity index (χ1v) is 7.30. The molecule has 0 unspecified atom stereocenters. The highest BCUT2D eigenvalue weighted by Crippen LogP contribution is 2.13. The van der Waals surface area contributed by atoms with Crippen LogP contribution in [0.1, 0.15) is 5.56 Å². The first-order chi connectivity index (χ1) is 12.1. The maximum atomic E-state index is 11.9. The van der Waals surface area contributed by atoms with Gasteiger partial charge in [-0.1, -0.05) is 0 Å². The summed E-state index contributed by atoms with van der Waals surface area (Å²) in [6.45, 7) is 0. The molecule has 1 aromatic carbocycles. The molecule has 0 aliphatic rings. The molecule has 2 aromatic heterocycles. The lowest BCUT2D eigenvalue weighted by atomic mass is 10.2. The number of carbonyl (C=O) groups is 1. The van der Waals surface area contributed by atoms with Crippen molar-refractivity contribution in [3.05, 3.63) is 83.1 Å². The average Bonchev–Trinajstić information content (AvgIpc) is 3.15. The molecule has 0 spiro atoms. The van der Waals surface area contributed by atoms with E-state index in [1.807, 2.05) is 0 Å². The van der Waals surface area contributed by atoms with Gasteiger partial charge in [0.2, 0.25) is 5.91 Å². The number of amides is 1. The van der Waals surface area contributed by atoms with Crippen LogP contribution in [0, 0.1) is 10.1 Å². The molecule has 3 aromatic rings. The van der Waals surface area contributed by atoms with E-state index in [0.717, 1.165) is 0 Å². The number of nitro benzene ring substituents is 1. The summed E-state index contributed by atoms with van der Waals surface area (Å²) in [6.07, 6.45) is 9.53. The highest BCUT2D eigenvalue weighted by atomic mass is 16.6. The van der Waals surface area contributed by atoms with Gasteiger partial charge in [-0.25, -0.2) is 9.97 Å². The van der Waals surface area contributed by atoms with Gasteiger partial charge in [0.1, 0.15) is 12.1 Å². The van der Waals surface area contributed by atoms with Crippen LogP contribution in [0.2, 0.25) is 0 Å². The minimum atomic E-state index is -0.472. The Hall–Kier alpha value is -3.81. The van der Waals surface area contributed by atoms with Gasteiger partial charge in [-0.2, -0.15) is 0 Å². The normalized spacial score (nSPS) is 10.7. The van der Waals surface area contributed by atoms with Gasteiger partial charge in [0.25, 0.3) is 5.69 Å². The van der Waals surface area contributed by atoms with Crippen LogP contribution >= 0.6 is 0 Å². The van der Waals surface area contributed by atoms with Gasteiger partial charge in [-0.15, -0.1) is 0 Å². The highest BCUT2D eigenvalue weighted by Gasteiger charge is 2.03. The van der Waals surface area contributed by atoms with E-state index in [1.54, 1.807) is 59.8 Å².